The number of benzene rings is 3. The maximum atomic E-state index is 13.3. The number of aryl methyl sites for hydroxylation is 3. The van der Waals surface area contributed by atoms with Crippen LogP contribution in [0.1, 0.15) is 67.8 Å². The smallest absolute Gasteiger partial charge is 0.241 e. The van der Waals surface area contributed by atoms with Crippen LogP contribution in [-0.4, -0.2) is 141 Å². The molecule has 3 saturated heterocycles. The van der Waals surface area contributed by atoms with Gasteiger partial charge in [0.2, 0.25) is 17.7 Å². The van der Waals surface area contributed by atoms with Gasteiger partial charge in [-0.05, 0) is 56.3 Å². The summed E-state index contributed by atoms with van der Waals surface area (Å²) in [6.45, 7) is 10.9. The number of aromatic nitrogens is 5. The van der Waals surface area contributed by atoms with E-state index >= 15 is 0 Å². The summed E-state index contributed by atoms with van der Waals surface area (Å²) in [5.41, 5.74) is 9.73. The Morgan fingerprint density at radius 3 is 2.32 bits per heavy atom. The van der Waals surface area contributed by atoms with Gasteiger partial charge in [0, 0.05) is 95.0 Å². The van der Waals surface area contributed by atoms with E-state index in [1.165, 1.54) is 24.8 Å². The van der Waals surface area contributed by atoms with Crippen LogP contribution in [0.4, 0.5) is 11.5 Å². The highest BCUT2D eigenvalue weighted by molar-refractivity contribution is 6.03. The number of β-amino-alcohol motifs (C(OH)–C–C–N with tert-alkyl or cyclic N) is 1. The van der Waals surface area contributed by atoms with Crippen molar-refractivity contribution in [3.63, 3.8) is 0 Å². The predicted molar refractivity (Wildman–Crippen MR) is 258 cm³/mol. The molecule has 3 amide bonds. The molecule has 1 atom stereocenters. The van der Waals surface area contributed by atoms with E-state index in [1.807, 2.05) is 40.7 Å². The van der Waals surface area contributed by atoms with Crippen LogP contribution in [0.2, 0.25) is 0 Å². The van der Waals surface area contributed by atoms with Gasteiger partial charge in [-0.3, -0.25) is 34.2 Å². The number of para-hydroxylation sites is 1. The fourth-order valence-electron chi connectivity index (χ4n) is 10.1. The van der Waals surface area contributed by atoms with E-state index in [1.54, 1.807) is 4.68 Å². The molecule has 0 saturated carbocycles. The number of aliphatic hydroxyl groups excluding tert-OH is 1. The highest BCUT2D eigenvalue weighted by atomic mass is 16.3. The number of hydrogen-bond donors (Lipinski definition) is 3. The Kier molecular flexibility index (Phi) is 14.0. The number of piperidine rings is 1. The van der Waals surface area contributed by atoms with Crippen molar-refractivity contribution < 1.29 is 19.5 Å². The number of imide groups is 1. The third kappa shape index (κ3) is 9.98. The monoisotopic (exact) mass is 894 g/mol. The topological polar surface area (TPSA) is 156 Å². The average molecular weight is 894 g/mol. The molecule has 9 rings (SSSR count). The standard InChI is InChI=1S/C51H63N11O4/c1-36-47(50-53-43(38-15-8-6-9-16-38)34-45(62(50)55-36)60-27-23-59(24-28-60)31-32-63)39-17-11-14-37(33-39)13-7-4-3-5-10-22-58-25-29-61(30-26-58)46(65)35-52-42-19-12-18-40-48(56-57(2)49(40)42)41-20-21-44(64)54-51(41)66/h6,8-9,11-12,14-19,33-34,41,52,63H,3-5,7,10,13,20-32,35H2,1-2H3,(H,54,64,66). The molecule has 0 bridgehead atoms. The molecular weight excluding hydrogens is 831 g/mol. The summed E-state index contributed by atoms with van der Waals surface area (Å²) in [7, 11) is 1.84. The van der Waals surface area contributed by atoms with E-state index in [-0.39, 0.29) is 30.9 Å². The van der Waals surface area contributed by atoms with Gasteiger partial charge in [0.25, 0.3) is 0 Å². The lowest BCUT2D eigenvalue weighted by Gasteiger charge is -2.35. The van der Waals surface area contributed by atoms with E-state index in [4.69, 9.17) is 10.1 Å². The van der Waals surface area contributed by atoms with Crippen molar-refractivity contribution in [2.45, 2.75) is 64.2 Å². The fourth-order valence-corrected chi connectivity index (χ4v) is 10.1. The number of carbonyl (C=O) groups excluding carboxylic acids is 3. The molecule has 15 nitrogen and oxygen atoms in total. The summed E-state index contributed by atoms with van der Waals surface area (Å²) in [4.78, 5) is 52.0. The Morgan fingerprint density at radius 2 is 1.53 bits per heavy atom. The molecule has 3 aliphatic rings. The van der Waals surface area contributed by atoms with Crippen molar-refractivity contribution in [2.24, 2.45) is 7.05 Å². The second-order valence-corrected chi connectivity index (χ2v) is 18.1. The molecule has 346 valence electrons. The lowest BCUT2D eigenvalue weighted by molar-refractivity contribution is -0.134. The number of piperazine rings is 2. The third-order valence-electron chi connectivity index (χ3n) is 13.7. The zero-order valence-corrected chi connectivity index (χ0v) is 38.4. The van der Waals surface area contributed by atoms with Crippen molar-refractivity contribution in [1.82, 2.24) is 44.4 Å². The lowest BCUT2D eigenvalue weighted by Crippen LogP contribution is -2.50. The minimum Gasteiger partial charge on any atom is -0.395 e. The number of amides is 3. The van der Waals surface area contributed by atoms with Gasteiger partial charge in [-0.2, -0.15) is 14.7 Å². The Balaban J connectivity index is 0.728. The zero-order valence-electron chi connectivity index (χ0n) is 38.4. The first-order chi connectivity index (χ1) is 32.2. The van der Waals surface area contributed by atoms with Crippen molar-refractivity contribution >= 4 is 45.8 Å². The van der Waals surface area contributed by atoms with Crippen LogP contribution < -0.4 is 15.5 Å². The van der Waals surface area contributed by atoms with E-state index in [0.29, 0.717) is 25.1 Å². The number of rotatable bonds is 17. The number of unbranched alkanes of at least 4 members (excludes halogenated alkanes) is 4. The fraction of sp³-hybridized carbons (Fsp3) is 0.451. The summed E-state index contributed by atoms with van der Waals surface area (Å²) in [6.07, 6.45) is 7.66. The van der Waals surface area contributed by atoms with Gasteiger partial charge in [-0.15, -0.1) is 0 Å². The Bertz CT molecular complexity index is 2660. The number of nitrogens with zero attached hydrogens (tertiary/aromatic N) is 9. The van der Waals surface area contributed by atoms with Crippen LogP contribution in [0.5, 0.6) is 0 Å². The van der Waals surface area contributed by atoms with Crippen molar-refractivity contribution in [3.8, 4) is 22.4 Å². The van der Waals surface area contributed by atoms with Gasteiger partial charge in [-0.1, -0.05) is 86.0 Å². The Labute approximate surface area is 386 Å². The minimum absolute atomic E-state index is 0.0714. The second-order valence-electron chi connectivity index (χ2n) is 18.1. The number of anilines is 2. The van der Waals surface area contributed by atoms with Gasteiger partial charge >= 0.3 is 0 Å². The molecule has 1 unspecified atom stereocenters. The van der Waals surface area contributed by atoms with E-state index in [2.05, 4.69) is 92.0 Å². The molecule has 3 aliphatic heterocycles. The van der Waals surface area contributed by atoms with Gasteiger partial charge in [0.1, 0.15) is 5.82 Å². The normalized spacial score (nSPS) is 17.5. The van der Waals surface area contributed by atoms with Crippen LogP contribution in [0.15, 0.2) is 78.9 Å². The molecular formula is C51H63N11O4. The molecule has 15 heteroatoms. The third-order valence-corrected chi connectivity index (χ3v) is 13.7. The number of hydrogen-bond acceptors (Lipinski definition) is 11. The summed E-state index contributed by atoms with van der Waals surface area (Å²) < 4.78 is 3.80. The number of fused-ring (bicyclic) bond motifs is 2. The molecule has 3 fully saturated rings. The molecule has 0 spiro atoms. The first kappa shape index (κ1) is 45.0. The van der Waals surface area contributed by atoms with Gasteiger partial charge in [0.05, 0.1) is 47.4 Å². The predicted octanol–water partition coefficient (Wildman–Crippen LogP) is 5.64. The molecule has 0 radical (unpaired) electrons. The van der Waals surface area contributed by atoms with Crippen LogP contribution in [0.25, 0.3) is 38.9 Å². The SMILES string of the molecule is Cc1nn2c(N3CCN(CCO)CC3)cc(-c3ccccc3)nc2c1-c1cccc(CCCCCCCN2CCN(C(=O)CNc3cccc4c(C5CCC(=O)NC5=O)nn(C)c34)CC2)c1. The first-order valence-corrected chi connectivity index (χ1v) is 23.9. The molecule has 3 aromatic heterocycles. The van der Waals surface area contributed by atoms with Crippen molar-refractivity contribution in [3.05, 3.63) is 95.8 Å². The summed E-state index contributed by atoms with van der Waals surface area (Å²) >= 11 is 0. The van der Waals surface area contributed by atoms with Gasteiger partial charge < -0.3 is 20.2 Å². The van der Waals surface area contributed by atoms with Gasteiger partial charge in [0.15, 0.2) is 5.65 Å². The maximum absolute atomic E-state index is 13.3. The number of aliphatic hydroxyl groups is 1. The number of nitrogens with one attached hydrogen (secondary N) is 2. The average Bonchev–Trinajstić information content (AvgIpc) is 3.86. The Morgan fingerprint density at radius 1 is 0.803 bits per heavy atom. The summed E-state index contributed by atoms with van der Waals surface area (Å²) in [5.74, 6) is 0.0922. The second kappa shape index (κ2) is 20.6. The van der Waals surface area contributed by atoms with Crippen LogP contribution in [0, 0.1) is 6.92 Å². The largest absolute Gasteiger partial charge is 0.395 e. The van der Waals surface area contributed by atoms with Gasteiger partial charge in [-0.25, -0.2) is 4.98 Å². The molecule has 6 aromatic rings. The summed E-state index contributed by atoms with van der Waals surface area (Å²) in [5, 5.41) is 25.9. The number of carbonyl (C=O) groups is 3. The van der Waals surface area contributed by atoms with E-state index in [0.717, 1.165) is 134 Å². The highest BCUT2D eigenvalue weighted by Gasteiger charge is 2.32. The van der Waals surface area contributed by atoms with Crippen molar-refractivity contribution in [1.29, 1.82) is 0 Å². The molecule has 6 heterocycles. The van der Waals surface area contributed by atoms with Crippen LogP contribution in [0.3, 0.4) is 0 Å². The van der Waals surface area contributed by atoms with Crippen LogP contribution in [-0.2, 0) is 27.9 Å². The lowest BCUT2D eigenvalue weighted by atomic mass is 9.92. The summed E-state index contributed by atoms with van der Waals surface area (Å²) in [6, 6.07) is 27.3. The quantitative estimate of drug-likeness (QED) is 0.0770. The minimum atomic E-state index is -0.476. The van der Waals surface area contributed by atoms with E-state index in [9.17, 15) is 19.5 Å². The molecule has 3 N–H and O–H groups in total. The maximum Gasteiger partial charge on any atom is 0.241 e. The first-order valence-electron chi connectivity index (χ1n) is 23.9. The highest BCUT2D eigenvalue weighted by Crippen LogP contribution is 2.35. The Hall–Kier alpha value is -6.16. The molecule has 0 aliphatic carbocycles. The zero-order chi connectivity index (χ0) is 45.6. The van der Waals surface area contributed by atoms with Crippen LogP contribution >= 0.6 is 0 Å². The van der Waals surface area contributed by atoms with E-state index < -0.39 is 5.92 Å². The van der Waals surface area contributed by atoms with Crippen molar-refractivity contribution in [2.75, 3.05) is 88.8 Å². The molecule has 66 heavy (non-hydrogen) atoms. The molecule has 3 aromatic carbocycles.